The second kappa shape index (κ2) is 4.04. The van der Waals surface area contributed by atoms with Gasteiger partial charge in [-0.25, -0.2) is 9.89 Å². The van der Waals surface area contributed by atoms with Gasteiger partial charge in [-0.3, -0.25) is 9.20 Å². The van der Waals surface area contributed by atoms with Gasteiger partial charge in [0, 0.05) is 5.69 Å². The number of aryl methyl sites for hydroxylation is 2. The number of esters is 1. The fourth-order valence-corrected chi connectivity index (χ4v) is 1.98. The Morgan fingerprint density at radius 2 is 2.24 bits per heavy atom. The number of fused-ring (bicyclic) bond motifs is 1. The summed E-state index contributed by atoms with van der Waals surface area (Å²) in [7, 11) is 0. The van der Waals surface area contributed by atoms with Gasteiger partial charge in [-0.05, 0) is 26.3 Å². The van der Waals surface area contributed by atoms with Crippen molar-refractivity contribution >= 4 is 11.5 Å². The van der Waals surface area contributed by atoms with Gasteiger partial charge in [-0.15, -0.1) is 0 Å². The lowest BCUT2D eigenvalue weighted by Gasteiger charge is -2.01. The Labute approximate surface area is 97.2 Å². The quantitative estimate of drug-likeness (QED) is 0.782. The molecule has 0 fully saturated rings. The molecule has 1 N–H and O–H groups in total. The summed E-state index contributed by atoms with van der Waals surface area (Å²) in [5, 5.41) is 6.05. The van der Waals surface area contributed by atoms with Crippen LogP contribution in [0.5, 0.6) is 0 Å². The van der Waals surface area contributed by atoms with Crippen LogP contribution in [-0.4, -0.2) is 27.2 Å². The first-order chi connectivity index (χ1) is 8.07. The van der Waals surface area contributed by atoms with Crippen LogP contribution in [0.2, 0.25) is 0 Å². The maximum Gasteiger partial charge on any atom is 0.340 e. The Bertz CT molecular complexity index is 639. The molecule has 0 aliphatic carbocycles. The molecule has 0 radical (unpaired) electrons. The van der Waals surface area contributed by atoms with E-state index in [1.165, 1.54) is 6.33 Å². The average Bonchev–Trinajstić information content (AvgIpc) is 2.53. The Balaban J connectivity index is 2.78. The van der Waals surface area contributed by atoms with E-state index in [0.29, 0.717) is 28.9 Å². The maximum absolute atomic E-state index is 11.8. The van der Waals surface area contributed by atoms with Crippen molar-refractivity contribution in [1.82, 2.24) is 14.6 Å². The minimum absolute atomic E-state index is 0.304. The zero-order valence-corrected chi connectivity index (χ0v) is 9.90. The third-order valence-corrected chi connectivity index (χ3v) is 2.73. The lowest BCUT2D eigenvalue weighted by Crippen LogP contribution is -2.11. The molecule has 0 atom stereocenters. The Hall–Kier alpha value is -2.11. The lowest BCUT2D eigenvalue weighted by molar-refractivity contribution is 0.0525. The van der Waals surface area contributed by atoms with Crippen LogP contribution in [0.15, 0.2) is 11.1 Å². The number of H-pyrrole nitrogens is 1. The minimum Gasteiger partial charge on any atom is -0.462 e. The van der Waals surface area contributed by atoms with E-state index < -0.39 is 5.97 Å². The zero-order chi connectivity index (χ0) is 12.6. The molecule has 0 aliphatic rings. The average molecular weight is 235 g/mol. The molecule has 2 heterocycles. The molecule has 0 saturated carbocycles. The number of aromatic amines is 1. The number of rotatable bonds is 2. The summed E-state index contributed by atoms with van der Waals surface area (Å²) in [5.41, 5.74) is 1.83. The largest absolute Gasteiger partial charge is 0.462 e. The Kier molecular flexibility index (Phi) is 2.71. The standard InChI is InChI=1S/C11H13N3O3/c1-4-17-11(16)8-6(2)9-10(15)13-12-5-14(9)7(8)3/h5H,4H2,1-3H3,(H,13,15). The summed E-state index contributed by atoms with van der Waals surface area (Å²) in [6, 6.07) is 0. The van der Waals surface area contributed by atoms with E-state index >= 15 is 0 Å². The summed E-state index contributed by atoms with van der Waals surface area (Å²) in [5.74, 6) is -0.411. The Morgan fingerprint density at radius 3 is 2.82 bits per heavy atom. The number of nitrogens with zero attached hydrogens (tertiary/aromatic N) is 2. The van der Waals surface area contributed by atoms with Crippen LogP contribution in [0.3, 0.4) is 0 Å². The van der Waals surface area contributed by atoms with Gasteiger partial charge in [-0.2, -0.15) is 5.10 Å². The van der Waals surface area contributed by atoms with Gasteiger partial charge in [0.2, 0.25) is 0 Å². The number of aromatic nitrogens is 3. The Morgan fingerprint density at radius 1 is 1.53 bits per heavy atom. The molecule has 2 aromatic heterocycles. The topological polar surface area (TPSA) is 76.5 Å². The summed E-state index contributed by atoms with van der Waals surface area (Å²) < 4.78 is 6.57. The fourth-order valence-electron chi connectivity index (χ4n) is 1.98. The first-order valence-corrected chi connectivity index (χ1v) is 5.30. The number of nitrogens with one attached hydrogen (secondary N) is 1. The van der Waals surface area contributed by atoms with Gasteiger partial charge >= 0.3 is 5.97 Å². The van der Waals surface area contributed by atoms with Crippen molar-refractivity contribution in [3.8, 4) is 0 Å². The summed E-state index contributed by atoms with van der Waals surface area (Å²) in [4.78, 5) is 23.5. The third kappa shape index (κ3) is 1.61. The third-order valence-electron chi connectivity index (χ3n) is 2.73. The van der Waals surface area contributed by atoms with E-state index in [2.05, 4.69) is 10.2 Å². The van der Waals surface area contributed by atoms with Crippen LogP contribution in [-0.2, 0) is 4.74 Å². The second-order valence-corrected chi connectivity index (χ2v) is 3.71. The highest BCUT2D eigenvalue weighted by atomic mass is 16.5. The van der Waals surface area contributed by atoms with Gasteiger partial charge in [-0.1, -0.05) is 0 Å². The highest BCUT2D eigenvalue weighted by Gasteiger charge is 2.21. The van der Waals surface area contributed by atoms with Crippen molar-refractivity contribution in [2.45, 2.75) is 20.8 Å². The molecular weight excluding hydrogens is 222 g/mol. The van der Waals surface area contributed by atoms with Gasteiger partial charge in [0.05, 0.1) is 12.2 Å². The van der Waals surface area contributed by atoms with E-state index in [9.17, 15) is 9.59 Å². The predicted octanol–water partition coefficient (Wildman–Crippen LogP) is 0.816. The van der Waals surface area contributed by atoms with Crippen LogP contribution in [0.4, 0.5) is 0 Å². The fraction of sp³-hybridized carbons (Fsp3) is 0.364. The molecular formula is C11H13N3O3. The van der Waals surface area contributed by atoms with E-state index in [-0.39, 0.29) is 5.56 Å². The van der Waals surface area contributed by atoms with Crippen molar-refractivity contribution in [1.29, 1.82) is 0 Å². The SMILES string of the molecule is CCOC(=O)c1c(C)c2c(=O)[nH]ncn2c1C. The van der Waals surface area contributed by atoms with E-state index in [0.717, 1.165) is 0 Å². The smallest absolute Gasteiger partial charge is 0.340 e. The van der Waals surface area contributed by atoms with Crippen LogP contribution >= 0.6 is 0 Å². The lowest BCUT2D eigenvalue weighted by atomic mass is 10.1. The van der Waals surface area contributed by atoms with Crippen molar-refractivity contribution in [2.75, 3.05) is 6.61 Å². The number of carbonyl (C=O) groups is 1. The molecule has 17 heavy (non-hydrogen) atoms. The number of hydrogen-bond donors (Lipinski definition) is 1. The van der Waals surface area contributed by atoms with Crippen molar-refractivity contribution in [2.24, 2.45) is 0 Å². The molecule has 2 rings (SSSR count). The summed E-state index contributed by atoms with van der Waals surface area (Å²) >= 11 is 0. The first-order valence-electron chi connectivity index (χ1n) is 5.30. The van der Waals surface area contributed by atoms with Crippen LogP contribution in [0.25, 0.3) is 5.52 Å². The van der Waals surface area contributed by atoms with Gasteiger partial charge in [0.25, 0.3) is 5.56 Å². The highest BCUT2D eigenvalue weighted by Crippen LogP contribution is 2.20. The van der Waals surface area contributed by atoms with Crippen LogP contribution < -0.4 is 5.56 Å². The van der Waals surface area contributed by atoms with Gasteiger partial charge in [0.1, 0.15) is 11.8 Å². The first kappa shape index (κ1) is 11.4. The molecule has 0 unspecified atom stereocenters. The van der Waals surface area contributed by atoms with Crippen molar-refractivity contribution < 1.29 is 9.53 Å². The van der Waals surface area contributed by atoms with Crippen molar-refractivity contribution in [3.63, 3.8) is 0 Å². The molecule has 90 valence electrons. The summed E-state index contributed by atoms with van der Waals surface area (Å²) in [6.07, 6.45) is 1.47. The molecule has 0 spiro atoms. The molecule has 0 aliphatic heterocycles. The molecule has 2 aromatic rings. The number of carbonyl (C=O) groups excluding carboxylic acids is 1. The normalized spacial score (nSPS) is 10.8. The second-order valence-electron chi connectivity index (χ2n) is 3.71. The van der Waals surface area contributed by atoms with E-state index in [1.807, 2.05) is 0 Å². The molecule has 0 bridgehead atoms. The summed E-state index contributed by atoms with van der Waals surface area (Å²) in [6.45, 7) is 5.53. The molecule has 0 saturated heterocycles. The van der Waals surface area contributed by atoms with Crippen molar-refractivity contribution in [3.05, 3.63) is 33.5 Å². The molecule has 0 amide bonds. The highest BCUT2D eigenvalue weighted by molar-refractivity contribution is 5.95. The van der Waals surface area contributed by atoms with Gasteiger partial charge in [0.15, 0.2) is 0 Å². The minimum atomic E-state index is -0.411. The number of ether oxygens (including phenoxy) is 1. The van der Waals surface area contributed by atoms with E-state index in [4.69, 9.17) is 4.74 Å². The monoisotopic (exact) mass is 235 g/mol. The predicted molar refractivity (Wildman–Crippen MR) is 61.2 cm³/mol. The van der Waals surface area contributed by atoms with Crippen LogP contribution in [0, 0.1) is 13.8 Å². The molecule has 6 heteroatoms. The maximum atomic E-state index is 11.8. The van der Waals surface area contributed by atoms with Crippen LogP contribution in [0.1, 0.15) is 28.5 Å². The number of hydrogen-bond acceptors (Lipinski definition) is 4. The molecule has 6 nitrogen and oxygen atoms in total. The van der Waals surface area contributed by atoms with E-state index in [1.54, 1.807) is 25.2 Å². The van der Waals surface area contributed by atoms with Gasteiger partial charge < -0.3 is 4.74 Å². The molecule has 0 aromatic carbocycles. The zero-order valence-electron chi connectivity index (χ0n) is 9.90.